The number of carbonyl (C=O) groups excluding carboxylic acids is 1. The highest BCUT2D eigenvalue weighted by Crippen LogP contribution is 2.28. The van der Waals surface area contributed by atoms with Crippen molar-refractivity contribution in [2.24, 2.45) is 0 Å². The van der Waals surface area contributed by atoms with Gasteiger partial charge in [-0.1, -0.05) is 13.0 Å². The molecule has 0 heterocycles. The van der Waals surface area contributed by atoms with Crippen LogP contribution in [0.25, 0.3) is 0 Å². The van der Waals surface area contributed by atoms with Crippen molar-refractivity contribution in [1.29, 1.82) is 0 Å². The van der Waals surface area contributed by atoms with Crippen LogP contribution in [0.15, 0.2) is 18.2 Å². The van der Waals surface area contributed by atoms with E-state index in [4.69, 9.17) is 9.47 Å². The number of benzene rings is 1. The second-order valence-electron chi connectivity index (χ2n) is 4.28. The van der Waals surface area contributed by atoms with E-state index in [1.165, 1.54) is 0 Å². The summed E-state index contributed by atoms with van der Waals surface area (Å²) < 4.78 is 10.9. The van der Waals surface area contributed by atoms with Gasteiger partial charge >= 0.3 is 0 Å². The molecule has 1 rings (SSSR count). The van der Waals surface area contributed by atoms with Crippen LogP contribution in [0.2, 0.25) is 0 Å². The normalized spacial score (nSPS) is 10.3. The van der Waals surface area contributed by atoms with Crippen molar-refractivity contribution in [3.63, 3.8) is 0 Å². The molecule has 0 aliphatic heterocycles. The third kappa shape index (κ3) is 4.28. The Labute approximate surface area is 108 Å². The first-order valence-corrected chi connectivity index (χ1v) is 6.17. The average Bonchev–Trinajstić information content (AvgIpc) is 2.36. The minimum absolute atomic E-state index is 0.0384. The largest absolute Gasteiger partial charge is 0.493 e. The molecule has 0 fully saturated rings. The van der Waals surface area contributed by atoms with Gasteiger partial charge in [-0.15, -0.1) is 0 Å². The minimum Gasteiger partial charge on any atom is -0.493 e. The Hall–Kier alpha value is -1.71. The Morgan fingerprint density at radius 3 is 2.61 bits per heavy atom. The molecule has 18 heavy (non-hydrogen) atoms. The van der Waals surface area contributed by atoms with Crippen molar-refractivity contribution in [3.05, 3.63) is 23.8 Å². The van der Waals surface area contributed by atoms with E-state index < -0.39 is 0 Å². The highest BCUT2D eigenvalue weighted by molar-refractivity contribution is 5.75. The predicted molar refractivity (Wildman–Crippen MR) is 70.9 cm³/mol. The number of hydrogen-bond acceptors (Lipinski definition) is 3. The van der Waals surface area contributed by atoms with Crippen LogP contribution in [0.1, 0.15) is 32.8 Å². The maximum absolute atomic E-state index is 11.2. The number of ether oxygens (including phenoxy) is 2. The van der Waals surface area contributed by atoms with E-state index in [0.717, 1.165) is 11.3 Å². The van der Waals surface area contributed by atoms with Gasteiger partial charge in [0, 0.05) is 13.0 Å². The summed E-state index contributed by atoms with van der Waals surface area (Å²) >= 11 is 0. The molecular formula is C14H21NO3. The van der Waals surface area contributed by atoms with Gasteiger partial charge in [-0.2, -0.15) is 0 Å². The number of nitrogens with one attached hydrogen (secondary N) is 1. The van der Waals surface area contributed by atoms with Gasteiger partial charge in [0.15, 0.2) is 11.5 Å². The molecule has 4 heteroatoms. The Bertz CT molecular complexity index is 402. The molecule has 1 aromatic rings. The van der Waals surface area contributed by atoms with Crippen molar-refractivity contribution in [2.45, 2.75) is 39.8 Å². The maximum atomic E-state index is 11.2. The second-order valence-corrected chi connectivity index (χ2v) is 4.28. The number of hydrogen-bond donors (Lipinski definition) is 1. The molecule has 4 nitrogen and oxygen atoms in total. The van der Waals surface area contributed by atoms with Gasteiger partial charge in [0.2, 0.25) is 5.91 Å². The highest BCUT2D eigenvalue weighted by atomic mass is 16.5. The summed E-state index contributed by atoms with van der Waals surface area (Å²) in [6, 6.07) is 5.68. The fourth-order valence-corrected chi connectivity index (χ4v) is 1.50. The third-order valence-electron chi connectivity index (χ3n) is 2.40. The topological polar surface area (TPSA) is 47.6 Å². The molecule has 0 saturated heterocycles. The van der Waals surface area contributed by atoms with E-state index in [9.17, 15) is 4.79 Å². The van der Waals surface area contributed by atoms with Gasteiger partial charge in [0.1, 0.15) is 0 Å². The first-order valence-electron chi connectivity index (χ1n) is 6.17. The highest BCUT2D eigenvalue weighted by Gasteiger charge is 2.07. The monoisotopic (exact) mass is 251 g/mol. The molecule has 0 atom stereocenters. The summed E-state index contributed by atoms with van der Waals surface area (Å²) in [5.74, 6) is 1.45. The van der Waals surface area contributed by atoms with E-state index in [1.807, 2.05) is 39.0 Å². The van der Waals surface area contributed by atoms with Crippen LogP contribution >= 0.6 is 0 Å². The van der Waals surface area contributed by atoms with Crippen molar-refractivity contribution >= 4 is 5.91 Å². The van der Waals surface area contributed by atoms with Crippen molar-refractivity contribution in [1.82, 2.24) is 5.32 Å². The molecule has 0 unspecified atom stereocenters. The van der Waals surface area contributed by atoms with Gasteiger partial charge in [-0.25, -0.2) is 0 Å². The number of carbonyl (C=O) groups is 1. The molecule has 0 aromatic heterocycles. The fourth-order valence-electron chi connectivity index (χ4n) is 1.50. The Morgan fingerprint density at radius 2 is 2.06 bits per heavy atom. The maximum Gasteiger partial charge on any atom is 0.219 e. The first kappa shape index (κ1) is 14.4. The van der Waals surface area contributed by atoms with Crippen LogP contribution in [-0.4, -0.2) is 19.1 Å². The average molecular weight is 251 g/mol. The van der Waals surface area contributed by atoms with Gasteiger partial charge in [-0.3, -0.25) is 4.79 Å². The molecule has 1 amide bonds. The lowest BCUT2D eigenvalue weighted by atomic mass is 10.2. The summed E-state index contributed by atoms with van der Waals surface area (Å²) in [6.07, 6.45) is 0.593. The summed E-state index contributed by atoms with van der Waals surface area (Å²) in [6.45, 7) is 6.27. The first-order chi connectivity index (χ1) is 8.56. The van der Waals surface area contributed by atoms with Gasteiger partial charge < -0.3 is 14.8 Å². The fraction of sp³-hybridized carbons (Fsp3) is 0.500. The number of rotatable bonds is 6. The van der Waals surface area contributed by atoms with E-state index in [-0.39, 0.29) is 12.0 Å². The summed E-state index contributed by atoms with van der Waals surface area (Å²) in [5, 5.41) is 2.82. The van der Waals surface area contributed by atoms with Crippen LogP contribution in [0.5, 0.6) is 11.5 Å². The van der Waals surface area contributed by atoms with E-state index in [1.54, 1.807) is 7.11 Å². The summed E-state index contributed by atoms with van der Waals surface area (Å²) in [5.41, 5.74) is 0.991. The van der Waals surface area contributed by atoms with Crippen molar-refractivity contribution in [2.75, 3.05) is 7.11 Å². The Morgan fingerprint density at radius 1 is 1.33 bits per heavy atom. The van der Waals surface area contributed by atoms with Crippen molar-refractivity contribution in [3.8, 4) is 11.5 Å². The van der Waals surface area contributed by atoms with Gasteiger partial charge in [0.25, 0.3) is 0 Å². The van der Waals surface area contributed by atoms with Crippen LogP contribution < -0.4 is 14.8 Å². The zero-order valence-corrected chi connectivity index (χ0v) is 11.4. The zero-order chi connectivity index (χ0) is 13.5. The lowest BCUT2D eigenvalue weighted by molar-refractivity contribution is -0.120. The molecule has 0 bridgehead atoms. The minimum atomic E-state index is 0.0384. The summed E-state index contributed by atoms with van der Waals surface area (Å²) in [4.78, 5) is 11.2. The molecule has 0 saturated carbocycles. The molecule has 0 spiro atoms. The molecule has 1 N–H and O–H groups in total. The standard InChI is InChI=1S/C14H21NO3/c1-5-14(16)15-9-11-6-7-12(18-10(2)3)13(8-11)17-4/h6-8,10H,5,9H2,1-4H3,(H,15,16). The van der Waals surface area contributed by atoms with Crippen LogP contribution in [-0.2, 0) is 11.3 Å². The quantitative estimate of drug-likeness (QED) is 0.845. The molecule has 100 valence electrons. The molecular weight excluding hydrogens is 230 g/mol. The molecule has 1 aromatic carbocycles. The Kier molecular flexibility index (Phi) is 5.49. The van der Waals surface area contributed by atoms with Crippen molar-refractivity contribution < 1.29 is 14.3 Å². The van der Waals surface area contributed by atoms with E-state index in [2.05, 4.69) is 5.32 Å². The third-order valence-corrected chi connectivity index (χ3v) is 2.40. The van der Waals surface area contributed by atoms with Crippen LogP contribution in [0, 0.1) is 0 Å². The smallest absolute Gasteiger partial charge is 0.219 e. The molecule has 0 radical (unpaired) electrons. The molecule has 0 aliphatic carbocycles. The summed E-state index contributed by atoms with van der Waals surface area (Å²) in [7, 11) is 1.61. The molecule has 0 aliphatic rings. The van der Waals surface area contributed by atoms with E-state index in [0.29, 0.717) is 18.7 Å². The van der Waals surface area contributed by atoms with Gasteiger partial charge in [-0.05, 0) is 31.5 Å². The lowest BCUT2D eigenvalue weighted by Gasteiger charge is -2.14. The lowest BCUT2D eigenvalue weighted by Crippen LogP contribution is -2.21. The van der Waals surface area contributed by atoms with Gasteiger partial charge in [0.05, 0.1) is 13.2 Å². The Balaban J connectivity index is 2.75. The zero-order valence-electron chi connectivity index (χ0n) is 11.4. The number of amides is 1. The predicted octanol–water partition coefficient (Wildman–Crippen LogP) is 2.51. The number of methoxy groups -OCH3 is 1. The SMILES string of the molecule is CCC(=O)NCc1ccc(OC(C)C)c(OC)c1. The van der Waals surface area contributed by atoms with E-state index >= 15 is 0 Å². The second kappa shape index (κ2) is 6.89. The van der Waals surface area contributed by atoms with Crippen LogP contribution in [0.4, 0.5) is 0 Å². The van der Waals surface area contributed by atoms with Crippen LogP contribution in [0.3, 0.4) is 0 Å².